The summed E-state index contributed by atoms with van der Waals surface area (Å²) >= 11 is 0. The molecule has 3 heterocycles. The molecule has 5 heteroatoms. The van der Waals surface area contributed by atoms with Gasteiger partial charge in [0.1, 0.15) is 11.5 Å². The van der Waals surface area contributed by atoms with Gasteiger partial charge in [-0.3, -0.25) is 4.79 Å². The van der Waals surface area contributed by atoms with E-state index in [-0.39, 0.29) is 5.91 Å². The number of hydrogen-bond acceptors (Lipinski definition) is 4. The molecule has 1 amide bonds. The number of hydrogen-bond donors (Lipinski definition) is 0. The zero-order valence-electron chi connectivity index (χ0n) is 13.8. The van der Waals surface area contributed by atoms with Gasteiger partial charge in [0.05, 0.1) is 13.2 Å². The van der Waals surface area contributed by atoms with E-state index in [4.69, 9.17) is 13.9 Å². The Labute approximate surface area is 136 Å². The lowest BCUT2D eigenvalue weighted by atomic mass is 10.0. The Hall–Kier alpha value is -1.33. The first-order chi connectivity index (χ1) is 11.2. The van der Waals surface area contributed by atoms with Crippen molar-refractivity contribution in [1.82, 2.24) is 4.90 Å². The van der Waals surface area contributed by atoms with E-state index < -0.39 is 5.79 Å². The fourth-order valence-corrected chi connectivity index (χ4v) is 3.72. The molecule has 0 aromatic carbocycles. The van der Waals surface area contributed by atoms with Crippen LogP contribution in [0.2, 0.25) is 0 Å². The van der Waals surface area contributed by atoms with Crippen LogP contribution in [-0.4, -0.2) is 42.9 Å². The van der Waals surface area contributed by atoms with Gasteiger partial charge in [0, 0.05) is 44.7 Å². The van der Waals surface area contributed by atoms with Gasteiger partial charge in [-0.25, -0.2) is 0 Å². The molecule has 23 heavy (non-hydrogen) atoms. The topological polar surface area (TPSA) is 51.9 Å². The molecular weight excluding hydrogens is 294 g/mol. The van der Waals surface area contributed by atoms with Crippen molar-refractivity contribution in [3.8, 4) is 0 Å². The molecule has 5 nitrogen and oxygen atoms in total. The van der Waals surface area contributed by atoms with Gasteiger partial charge in [0.25, 0.3) is 0 Å². The zero-order valence-corrected chi connectivity index (χ0v) is 13.8. The van der Waals surface area contributed by atoms with Crippen molar-refractivity contribution in [3.63, 3.8) is 0 Å². The highest BCUT2D eigenvalue weighted by Crippen LogP contribution is 2.47. The molecule has 1 saturated carbocycles. The van der Waals surface area contributed by atoms with Crippen LogP contribution in [0.1, 0.15) is 50.0 Å². The van der Waals surface area contributed by atoms with E-state index >= 15 is 0 Å². The van der Waals surface area contributed by atoms with Crippen LogP contribution >= 0.6 is 0 Å². The summed E-state index contributed by atoms with van der Waals surface area (Å²) in [7, 11) is 0. The molecule has 0 radical (unpaired) electrons. The molecule has 3 aliphatic rings. The highest BCUT2D eigenvalue weighted by atomic mass is 16.7. The van der Waals surface area contributed by atoms with Crippen molar-refractivity contribution in [2.75, 3.05) is 26.3 Å². The van der Waals surface area contributed by atoms with E-state index in [0.29, 0.717) is 32.0 Å². The molecule has 1 aromatic heterocycles. The van der Waals surface area contributed by atoms with Gasteiger partial charge in [-0.15, -0.1) is 0 Å². The lowest BCUT2D eigenvalue weighted by Crippen LogP contribution is -2.47. The molecule has 2 atom stereocenters. The van der Waals surface area contributed by atoms with Crippen molar-refractivity contribution >= 4 is 5.91 Å². The lowest BCUT2D eigenvalue weighted by molar-refractivity contribution is -0.187. The average Bonchev–Trinajstić information content (AvgIpc) is 2.96. The SMILES string of the molecule is C[C@@H]1C[C@@H]1c1ccc(CCC(=O)N2CCC3(CC2)OCCO3)o1. The van der Waals surface area contributed by atoms with E-state index in [1.54, 1.807) is 0 Å². The smallest absolute Gasteiger partial charge is 0.223 e. The summed E-state index contributed by atoms with van der Waals surface area (Å²) in [5, 5.41) is 0. The summed E-state index contributed by atoms with van der Waals surface area (Å²) in [6.07, 6.45) is 3.99. The van der Waals surface area contributed by atoms with Crippen LogP contribution in [0, 0.1) is 5.92 Å². The minimum Gasteiger partial charge on any atom is -0.466 e. The van der Waals surface area contributed by atoms with E-state index in [2.05, 4.69) is 13.0 Å². The Kier molecular flexibility index (Phi) is 3.93. The molecule has 1 aromatic rings. The van der Waals surface area contributed by atoms with Gasteiger partial charge in [0.2, 0.25) is 5.91 Å². The molecule has 0 N–H and O–H groups in total. The quantitative estimate of drug-likeness (QED) is 0.856. The molecule has 0 unspecified atom stereocenters. The Morgan fingerprint density at radius 2 is 1.96 bits per heavy atom. The third-order valence-electron chi connectivity index (χ3n) is 5.43. The first kappa shape index (κ1) is 15.2. The summed E-state index contributed by atoms with van der Waals surface area (Å²) in [6.45, 7) is 5.05. The maximum absolute atomic E-state index is 12.4. The first-order valence-corrected chi connectivity index (χ1v) is 8.79. The average molecular weight is 319 g/mol. The maximum Gasteiger partial charge on any atom is 0.223 e. The number of piperidine rings is 1. The number of rotatable bonds is 4. The summed E-state index contributed by atoms with van der Waals surface area (Å²) in [5.41, 5.74) is 0. The third kappa shape index (κ3) is 3.17. The predicted molar refractivity (Wildman–Crippen MR) is 84.0 cm³/mol. The van der Waals surface area contributed by atoms with E-state index in [0.717, 1.165) is 43.4 Å². The van der Waals surface area contributed by atoms with Gasteiger partial charge in [-0.1, -0.05) is 6.92 Å². The minimum absolute atomic E-state index is 0.204. The van der Waals surface area contributed by atoms with Crippen LogP contribution in [0.3, 0.4) is 0 Å². The number of furan rings is 1. The number of likely N-dealkylation sites (tertiary alicyclic amines) is 1. The first-order valence-electron chi connectivity index (χ1n) is 8.79. The molecule has 2 aliphatic heterocycles. The highest BCUT2D eigenvalue weighted by molar-refractivity contribution is 5.76. The standard InChI is InChI=1S/C18H25NO4/c1-13-12-15(13)16-4-2-14(23-16)3-5-17(20)19-8-6-18(7-9-19)21-10-11-22-18/h2,4,13,15H,3,5-12H2,1H3/t13-,15+/m1/s1. The van der Waals surface area contributed by atoms with E-state index in [1.165, 1.54) is 6.42 Å². The van der Waals surface area contributed by atoms with Gasteiger partial charge >= 0.3 is 0 Å². The second-order valence-corrected chi connectivity index (χ2v) is 7.11. The molecule has 1 spiro atoms. The van der Waals surface area contributed by atoms with E-state index in [1.807, 2.05) is 11.0 Å². The summed E-state index contributed by atoms with van der Waals surface area (Å²) in [4.78, 5) is 14.3. The third-order valence-corrected chi connectivity index (χ3v) is 5.43. The van der Waals surface area contributed by atoms with Crippen molar-refractivity contribution in [2.24, 2.45) is 5.92 Å². The second kappa shape index (κ2) is 5.95. The Morgan fingerprint density at radius 3 is 2.61 bits per heavy atom. The van der Waals surface area contributed by atoms with Crippen molar-refractivity contribution in [3.05, 3.63) is 23.7 Å². The van der Waals surface area contributed by atoms with Crippen molar-refractivity contribution in [1.29, 1.82) is 0 Å². The van der Waals surface area contributed by atoms with Crippen LogP contribution in [-0.2, 0) is 20.7 Å². The molecule has 4 rings (SSSR count). The van der Waals surface area contributed by atoms with Crippen LogP contribution in [0.25, 0.3) is 0 Å². The number of carbonyl (C=O) groups excluding carboxylic acids is 1. The Bertz CT molecular complexity index is 565. The molecule has 1 aliphatic carbocycles. The fourth-order valence-electron chi connectivity index (χ4n) is 3.72. The number of amides is 1. The Balaban J connectivity index is 1.25. The van der Waals surface area contributed by atoms with Crippen LogP contribution in [0.4, 0.5) is 0 Å². The molecular formula is C18H25NO4. The maximum atomic E-state index is 12.4. The van der Waals surface area contributed by atoms with Gasteiger partial charge in [0.15, 0.2) is 5.79 Å². The van der Waals surface area contributed by atoms with Gasteiger partial charge in [-0.2, -0.15) is 0 Å². The largest absolute Gasteiger partial charge is 0.466 e. The number of aryl methyl sites for hydroxylation is 1. The van der Waals surface area contributed by atoms with Crippen LogP contribution in [0.5, 0.6) is 0 Å². The number of ether oxygens (including phenoxy) is 2. The number of nitrogens with zero attached hydrogens (tertiary/aromatic N) is 1. The fraction of sp³-hybridized carbons (Fsp3) is 0.722. The van der Waals surface area contributed by atoms with Crippen molar-refractivity contribution in [2.45, 2.75) is 50.7 Å². The zero-order chi connectivity index (χ0) is 15.9. The molecule has 2 saturated heterocycles. The number of carbonyl (C=O) groups is 1. The van der Waals surface area contributed by atoms with E-state index in [9.17, 15) is 4.79 Å². The van der Waals surface area contributed by atoms with Gasteiger partial charge < -0.3 is 18.8 Å². The van der Waals surface area contributed by atoms with Crippen LogP contribution < -0.4 is 0 Å². The molecule has 126 valence electrons. The second-order valence-electron chi connectivity index (χ2n) is 7.11. The highest BCUT2D eigenvalue weighted by Gasteiger charge is 2.40. The van der Waals surface area contributed by atoms with Crippen LogP contribution in [0.15, 0.2) is 16.5 Å². The van der Waals surface area contributed by atoms with Gasteiger partial charge in [-0.05, 0) is 24.5 Å². The Morgan fingerprint density at radius 1 is 1.26 bits per heavy atom. The normalized spacial score (nSPS) is 29.2. The monoisotopic (exact) mass is 319 g/mol. The minimum atomic E-state index is -0.409. The summed E-state index contributed by atoms with van der Waals surface area (Å²) < 4.78 is 17.3. The molecule has 3 fully saturated rings. The van der Waals surface area contributed by atoms with Crippen molar-refractivity contribution < 1.29 is 18.7 Å². The summed E-state index contributed by atoms with van der Waals surface area (Å²) in [5.74, 6) is 3.17. The summed E-state index contributed by atoms with van der Waals surface area (Å²) in [6, 6.07) is 4.10. The predicted octanol–water partition coefficient (Wildman–Crippen LogP) is 2.70. The lowest BCUT2D eigenvalue weighted by Gasteiger charge is -2.37. The molecule has 0 bridgehead atoms.